The van der Waals surface area contributed by atoms with E-state index in [1.807, 2.05) is 7.05 Å². The van der Waals surface area contributed by atoms with Crippen LogP contribution in [0.3, 0.4) is 0 Å². The fourth-order valence-corrected chi connectivity index (χ4v) is 5.69. The van der Waals surface area contributed by atoms with Crippen LogP contribution in [0.1, 0.15) is 32.6 Å². The van der Waals surface area contributed by atoms with Gasteiger partial charge in [-0.15, -0.1) is 12.4 Å². The van der Waals surface area contributed by atoms with E-state index < -0.39 is 15.8 Å². The van der Waals surface area contributed by atoms with Crippen molar-refractivity contribution in [3.05, 3.63) is 24.3 Å². The molecule has 0 spiro atoms. The highest BCUT2D eigenvalue weighted by atomic mass is 35.5. The number of hydrogen-bond acceptors (Lipinski definition) is 5. The van der Waals surface area contributed by atoms with Gasteiger partial charge in [-0.2, -0.15) is 0 Å². The molecule has 0 aliphatic carbocycles. The Morgan fingerprint density at radius 2 is 1.78 bits per heavy atom. The molecule has 2 aliphatic rings. The summed E-state index contributed by atoms with van der Waals surface area (Å²) in [5, 5.41) is 3.57. The zero-order valence-electron chi connectivity index (χ0n) is 16.1. The lowest BCUT2D eigenvalue weighted by molar-refractivity contribution is -0.135. The molecule has 1 amide bonds. The molecule has 0 aromatic heterocycles. The van der Waals surface area contributed by atoms with Crippen molar-refractivity contribution in [2.24, 2.45) is 5.92 Å². The number of halogens is 1. The van der Waals surface area contributed by atoms with E-state index in [2.05, 4.69) is 5.32 Å². The summed E-state index contributed by atoms with van der Waals surface area (Å²) in [5.74, 6) is -0.235. The van der Waals surface area contributed by atoms with Crippen LogP contribution < -0.4 is 10.1 Å². The number of rotatable bonds is 6. The Morgan fingerprint density at radius 1 is 1.22 bits per heavy atom. The average molecular weight is 417 g/mol. The van der Waals surface area contributed by atoms with Crippen LogP contribution >= 0.6 is 12.4 Å². The number of carbonyl (C=O) groups excluding carboxylic acids is 1. The van der Waals surface area contributed by atoms with Crippen LogP contribution in [0.4, 0.5) is 0 Å². The van der Waals surface area contributed by atoms with Gasteiger partial charge < -0.3 is 15.0 Å². The SMILES string of the molecule is COc1ccc(S(=O)(=O)CC(C)C(=O)N(C)C2CC3CCC(C2)N3)cc1.Cl. The van der Waals surface area contributed by atoms with Gasteiger partial charge in [-0.25, -0.2) is 8.42 Å². The van der Waals surface area contributed by atoms with E-state index in [1.165, 1.54) is 32.1 Å². The minimum Gasteiger partial charge on any atom is -0.497 e. The fraction of sp³-hybridized carbons (Fsp3) is 0.632. The van der Waals surface area contributed by atoms with Gasteiger partial charge >= 0.3 is 0 Å². The van der Waals surface area contributed by atoms with E-state index in [1.54, 1.807) is 24.0 Å². The topological polar surface area (TPSA) is 75.7 Å². The van der Waals surface area contributed by atoms with Gasteiger partial charge in [0.05, 0.1) is 17.8 Å². The number of hydrogen-bond donors (Lipinski definition) is 1. The van der Waals surface area contributed by atoms with Gasteiger partial charge in [-0.05, 0) is 49.9 Å². The van der Waals surface area contributed by atoms with Crippen LogP contribution in [0.2, 0.25) is 0 Å². The van der Waals surface area contributed by atoms with Crippen LogP contribution in [0.25, 0.3) is 0 Å². The molecule has 2 aliphatic heterocycles. The molecule has 27 heavy (non-hydrogen) atoms. The summed E-state index contributed by atoms with van der Waals surface area (Å²) in [6.07, 6.45) is 4.25. The van der Waals surface area contributed by atoms with Crippen LogP contribution in [0, 0.1) is 5.92 Å². The minimum absolute atomic E-state index is 0. The highest BCUT2D eigenvalue weighted by Crippen LogP contribution is 2.30. The maximum Gasteiger partial charge on any atom is 0.226 e. The van der Waals surface area contributed by atoms with Crippen molar-refractivity contribution in [1.82, 2.24) is 10.2 Å². The smallest absolute Gasteiger partial charge is 0.226 e. The monoisotopic (exact) mass is 416 g/mol. The van der Waals surface area contributed by atoms with E-state index in [-0.39, 0.29) is 35.0 Å². The molecular weight excluding hydrogens is 388 g/mol. The molecule has 3 rings (SSSR count). The molecule has 1 aromatic rings. The quantitative estimate of drug-likeness (QED) is 0.769. The number of piperidine rings is 1. The molecule has 2 saturated heterocycles. The highest BCUT2D eigenvalue weighted by molar-refractivity contribution is 7.91. The van der Waals surface area contributed by atoms with Crippen LogP contribution in [-0.2, 0) is 14.6 Å². The van der Waals surface area contributed by atoms with Crippen molar-refractivity contribution >= 4 is 28.2 Å². The van der Waals surface area contributed by atoms with Crippen LogP contribution in [0.15, 0.2) is 29.2 Å². The number of benzene rings is 1. The molecule has 8 heteroatoms. The first kappa shape index (κ1) is 22.0. The largest absolute Gasteiger partial charge is 0.497 e. The van der Waals surface area contributed by atoms with Crippen molar-refractivity contribution in [2.45, 2.75) is 55.6 Å². The number of nitrogens with one attached hydrogen (secondary N) is 1. The zero-order valence-corrected chi connectivity index (χ0v) is 17.7. The van der Waals surface area contributed by atoms with Crippen molar-refractivity contribution < 1.29 is 17.9 Å². The van der Waals surface area contributed by atoms with Crippen molar-refractivity contribution in [2.75, 3.05) is 19.9 Å². The first-order valence-corrected chi connectivity index (χ1v) is 10.8. The first-order chi connectivity index (χ1) is 12.3. The average Bonchev–Trinajstić information content (AvgIpc) is 2.97. The first-order valence-electron chi connectivity index (χ1n) is 9.19. The predicted molar refractivity (Wildman–Crippen MR) is 107 cm³/mol. The minimum atomic E-state index is -3.52. The summed E-state index contributed by atoms with van der Waals surface area (Å²) < 4.78 is 30.3. The van der Waals surface area contributed by atoms with Crippen LogP contribution in [0.5, 0.6) is 5.75 Å². The van der Waals surface area contributed by atoms with Gasteiger partial charge in [0.15, 0.2) is 9.84 Å². The van der Waals surface area contributed by atoms with E-state index in [9.17, 15) is 13.2 Å². The summed E-state index contributed by atoms with van der Waals surface area (Å²) in [7, 11) is -0.170. The van der Waals surface area contributed by atoms with E-state index >= 15 is 0 Å². The predicted octanol–water partition coefficient (Wildman–Crippen LogP) is 2.27. The summed E-state index contributed by atoms with van der Waals surface area (Å²) in [6, 6.07) is 7.48. The third-order valence-corrected chi connectivity index (χ3v) is 7.58. The molecular formula is C19H29ClN2O4S. The Hall–Kier alpha value is -1.31. The molecule has 3 unspecified atom stereocenters. The Morgan fingerprint density at radius 3 is 2.30 bits per heavy atom. The fourth-order valence-electron chi connectivity index (χ4n) is 4.15. The Labute approximate surface area is 168 Å². The highest BCUT2D eigenvalue weighted by Gasteiger charge is 2.37. The summed E-state index contributed by atoms with van der Waals surface area (Å²) in [5.41, 5.74) is 0. The van der Waals surface area contributed by atoms with E-state index in [0.29, 0.717) is 17.8 Å². The number of sulfone groups is 1. The van der Waals surface area contributed by atoms with Crippen molar-refractivity contribution in [3.8, 4) is 5.75 Å². The summed E-state index contributed by atoms with van der Waals surface area (Å²) in [6.45, 7) is 1.70. The van der Waals surface area contributed by atoms with Gasteiger partial charge in [0.1, 0.15) is 5.75 Å². The molecule has 152 valence electrons. The Kier molecular flexibility index (Phi) is 7.16. The molecule has 0 saturated carbocycles. The van der Waals surface area contributed by atoms with Gasteiger partial charge in [0.2, 0.25) is 5.91 Å². The Balaban J connectivity index is 0.00000261. The molecule has 3 atom stereocenters. The van der Waals surface area contributed by atoms with Gasteiger partial charge in [0.25, 0.3) is 0 Å². The number of amides is 1. The number of carbonyl (C=O) groups is 1. The number of methoxy groups -OCH3 is 1. The number of ether oxygens (including phenoxy) is 1. The van der Waals surface area contributed by atoms with Crippen molar-refractivity contribution in [3.63, 3.8) is 0 Å². The summed E-state index contributed by atoms with van der Waals surface area (Å²) in [4.78, 5) is 14.8. The maximum atomic E-state index is 12.8. The molecule has 0 radical (unpaired) electrons. The molecule has 1 aromatic carbocycles. The Bertz CT molecular complexity index is 741. The summed E-state index contributed by atoms with van der Waals surface area (Å²) >= 11 is 0. The third-order valence-electron chi connectivity index (χ3n) is 5.65. The van der Waals surface area contributed by atoms with Crippen LogP contribution in [-0.4, -0.2) is 57.3 Å². The molecule has 1 N–H and O–H groups in total. The lowest BCUT2D eigenvalue weighted by Gasteiger charge is -2.36. The van der Waals surface area contributed by atoms with E-state index in [4.69, 9.17) is 4.74 Å². The zero-order chi connectivity index (χ0) is 18.9. The molecule has 6 nitrogen and oxygen atoms in total. The third kappa shape index (κ3) is 4.95. The number of nitrogens with zero attached hydrogens (tertiary/aromatic N) is 1. The molecule has 2 fully saturated rings. The molecule has 2 heterocycles. The normalized spacial score (nSPS) is 25.4. The standard InChI is InChI=1S/C19H28N2O4S.ClH/c1-13(12-26(23,24)18-8-6-17(25-3)7-9-18)19(22)21(2)16-10-14-4-5-15(11-16)20-14;/h6-9,13-16,20H,4-5,10-12H2,1-3H3;1H. The second-order valence-corrected chi connectivity index (χ2v) is 9.60. The van der Waals surface area contributed by atoms with Gasteiger partial charge in [-0.1, -0.05) is 6.92 Å². The van der Waals surface area contributed by atoms with Gasteiger partial charge in [0, 0.05) is 31.1 Å². The second kappa shape index (κ2) is 8.80. The van der Waals surface area contributed by atoms with Crippen molar-refractivity contribution in [1.29, 1.82) is 0 Å². The lowest BCUT2D eigenvalue weighted by atomic mass is 9.97. The second-order valence-electron chi connectivity index (χ2n) is 7.57. The van der Waals surface area contributed by atoms with E-state index in [0.717, 1.165) is 12.8 Å². The molecule has 2 bridgehead atoms. The maximum absolute atomic E-state index is 12.8. The lowest BCUT2D eigenvalue weighted by Crippen LogP contribution is -2.50. The number of fused-ring (bicyclic) bond motifs is 2. The van der Waals surface area contributed by atoms with Gasteiger partial charge in [-0.3, -0.25) is 4.79 Å².